The predicted molar refractivity (Wildman–Crippen MR) is 76.0 cm³/mol. The van der Waals surface area contributed by atoms with Crippen LogP contribution in [-0.2, 0) is 0 Å². The molecule has 21 heavy (non-hydrogen) atoms. The van der Waals surface area contributed by atoms with Crippen LogP contribution in [0.3, 0.4) is 0 Å². The van der Waals surface area contributed by atoms with E-state index in [2.05, 4.69) is 9.97 Å². The first-order chi connectivity index (χ1) is 9.86. The lowest BCUT2D eigenvalue weighted by Gasteiger charge is -2.07. The molecule has 0 radical (unpaired) electrons. The monoisotopic (exact) mass is 307 g/mol. The smallest absolute Gasteiger partial charge is 0.322 e. The van der Waals surface area contributed by atoms with E-state index in [0.29, 0.717) is 5.69 Å². The average Bonchev–Trinajstić information content (AvgIpc) is 2.40. The van der Waals surface area contributed by atoms with Gasteiger partial charge in [0.2, 0.25) is 0 Å². The summed E-state index contributed by atoms with van der Waals surface area (Å²) in [4.78, 5) is 18.1. The van der Waals surface area contributed by atoms with Crippen molar-refractivity contribution in [1.29, 1.82) is 5.41 Å². The minimum atomic E-state index is -0.563. The molecule has 0 aliphatic carbocycles. The number of nitro groups is 1. The number of hydrogen-bond acceptors (Lipinski definition) is 6. The number of ether oxygens (including phenoxy) is 1. The van der Waals surface area contributed by atoms with Gasteiger partial charge in [0.15, 0.2) is 0 Å². The molecule has 2 aromatic rings. The molecule has 1 aromatic carbocycles. The van der Waals surface area contributed by atoms with Gasteiger partial charge in [-0.2, -0.15) is 4.98 Å². The van der Waals surface area contributed by atoms with E-state index >= 15 is 0 Å². The topological polar surface area (TPSA) is 128 Å². The normalized spacial score (nSPS) is 10.2. The maximum absolute atomic E-state index is 10.6. The summed E-state index contributed by atoms with van der Waals surface area (Å²) in [7, 11) is 0. The molecule has 8 nitrogen and oxygen atoms in total. The first-order valence-electron chi connectivity index (χ1n) is 5.68. The molecule has 0 spiro atoms. The van der Waals surface area contributed by atoms with Crippen LogP contribution in [0, 0.1) is 22.4 Å². The second-order valence-electron chi connectivity index (χ2n) is 4.06. The van der Waals surface area contributed by atoms with Crippen molar-refractivity contribution in [2.45, 2.75) is 6.92 Å². The van der Waals surface area contributed by atoms with Crippen molar-refractivity contribution in [3.63, 3.8) is 0 Å². The molecule has 0 bridgehead atoms. The highest BCUT2D eigenvalue weighted by atomic mass is 35.5. The van der Waals surface area contributed by atoms with Crippen LogP contribution >= 0.6 is 11.6 Å². The molecule has 0 saturated carbocycles. The Labute approximate surface area is 124 Å². The van der Waals surface area contributed by atoms with Crippen LogP contribution < -0.4 is 10.5 Å². The number of nitrogen functional groups attached to an aromatic ring is 1. The number of nitrogens with two attached hydrogens (primary N) is 1. The number of aryl methyl sites for hydroxylation is 1. The van der Waals surface area contributed by atoms with Crippen molar-refractivity contribution in [2.24, 2.45) is 5.73 Å². The fourth-order valence-electron chi connectivity index (χ4n) is 1.51. The van der Waals surface area contributed by atoms with E-state index in [0.717, 1.165) is 0 Å². The molecule has 2 rings (SSSR count). The molecule has 3 N–H and O–H groups in total. The van der Waals surface area contributed by atoms with Gasteiger partial charge in [-0.3, -0.25) is 15.5 Å². The summed E-state index contributed by atoms with van der Waals surface area (Å²) >= 11 is 5.91. The standard InChI is InChI=1S/C12H10ClN5O3/c1-6-4-9(11(14)15)17-12(16-6)21-10-3-2-7(18(19)20)5-8(10)13/h2-5H,1H3,(H3,14,15). The van der Waals surface area contributed by atoms with Gasteiger partial charge in [0, 0.05) is 17.8 Å². The van der Waals surface area contributed by atoms with E-state index in [-0.39, 0.29) is 34.0 Å². The Morgan fingerprint density at radius 2 is 2.14 bits per heavy atom. The van der Waals surface area contributed by atoms with Gasteiger partial charge in [0.25, 0.3) is 5.69 Å². The van der Waals surface area contributed by atoms with Crippen molar-refractivity contribution in [3.05, 3.63) is 50.8 Å². The van der Waals surface area contributed by atoms with E-state index < -0.39 is 4.92 Å². The molecule has 0 atom stereocenters. The fourth-order valence-corrected chi connectivity index (χ4v) is 1.72. The number of nitro benzene ring substituents is 1. The highest BCUT2D eigenvalue weighted by Crippen LogP contribution is 2.31. The molecular formula is C12H10ClN5O3. The zero-order valence-corrected chi connectivity index (χ0v) is 11.6. The first kappa shape index (κ1) is 14.7. The fraction of sp³-hybridized carbons (Fsp3) is 0.0833. The van der Waals surface area contributed by atoms with Crippen molar-refractivity contribution >= 4 is 23.1 Å². The van der Waals surface area contributed by atoms with Gasteiger partial charge < -0.3 is 10.5 Å². The van der Waals surface area contributed by atoms with Gasteiger partial charge in [0.1, 0.15) is 17.3 Å². The maximum atomic E-state index is 10.6. The lowest BCUT2D eigenvalue weighted by atomic mass is 10.3. The molecule has 0 unspecified atom stereocenters. The number of amidine groups is 1. The average molecular weight is 308 g/mol. The molecular weight excluding hydrogens is 298 g/mol. The number of rotatable bonds is 4. The van der Waals surface area contributed by atoms with Crippen LogP contribution in [0.5, 0.6) is 11.8 Å². The number of nitrogens with one attached hydrogen (secondary N) is 1. The van der Waals surface area contributed by atoms with Crippen LogP contribution in [0.4, 0.5) is 5.69 Å². The molecule has 1 heterocycles. The predicted octanol–water partition coefficient (Wildman–Crippen LogP) is 2.42. The van der Waals surface area contributed by atoms with Crippen LogP contribution in [0.25, 0.3) is 0 Å². The van der Waals surface area contributed by atoms with Gasteiger partial charge in [-0.05, 0) is 19.1 Å². The van der Waals surface area contributed by atoms with Gasteiger partial charge in [-0.15, -0.1) is 0 Å². The number of benzene rings is 1. The Hall–Kier alpha value is -2.74. The lowest BCUT2D eigenvalue weighted by Crippen LogP contribution is -2.14. The minimum Gasteiger partial charge on any atom is -0.423 e. The van der Waals surface area contributed by atoms with E-state index in [1.807, 2.05) is 0 Å². The van der Waals surface area contributed by atoms with Gasteiger partial charge >= 0.3 is 6.01 Å². The molecule has 0 fully saturated rings. The number of non-ortho nitro benzene ring substituents is 1. The van der Waals surface area contributed by atoms with Gasteiger partial charge in [0.05, 0.1) is 9.95 Å². The summed E-state index contributed by atoms with van der Waals surface area (Å²) in [6.07, 6.45) is 0. The van der Waals surface area contributed by atoms with Gasteiger partial charge in [-0.25, -0.2) is 4.98 Å². The lowest BCUT2D eigenvalue weighted by molar-refractivity contribution is -0.384. The van der Waals surface area contributed by atoms with Crippen molar-refractivity contribution < 1.29 is 9.66 Å². The summed E-state index contributed by atoms with van der Waals surface area (Å²) in [5, 5.41) is 18.0. The largest absolute Gasteiger partial charge is 0.423 e. The van der Waals surface area contributed by atoms with Crippen LogP contribution in [0.15, 0.2) is 24.3 Å². The molecule has 0 saturated heterocycles. The van der Waals surface area contributed by atoms with Gasteiger partial charge in [-0.1, -0.05) is 11.6 Å². The van der Waals surface area contributed by atoms with E-state index in [1.54, 1.807) is 6.92 Å². The summed E-state index contributed by atoms with van der Waals surface area (Å²) in [6, 6.07) is 5.25. The highest BCUT2D eigenvalue weighted by Gasteiger charge is 2.13. The highest BCUT2D eigenvalue weighted by molar-refractivity contribution is 6.32. The Morgan fingerprint density at radius 3 is 2.71 bits per heavy atom. The molecule has 0 amide bonds. The van der Waals surface area contributed by atoms with Crippen LogP contribution in [-0.4, -0.2) is 20.7 Å². The number of nitrogens with zero attached hydrogens (tertiary/aromatic N) is 3. The third-order valence-electron chi connectivity index (χ3n) is 2.44. The summed E-state index contributed by atoms with van der Waals surface area (Å²) in [5.74, 6) is -0.0532. The molecule has 108 valence electrons. The van der Waals surface area contributed by atoms with E-state index in [1.165, 1.54) is 24.3 Å². The second kappa shape index (κ2) is 5.71. The zero-order valence-electron chi connectivity index (χ0n) is 10.8. The third-order valence-corrected chi connectivity index (χ3v) is 2.73. The quantitative estimate of drug-likeness (QED) is 0.386. The number of halogens is 1. The SMILES string of the molecule is Cc1cc(C(=N)N)nc(Oc2ccc([N+](=O)[O-])cc2Cl)n1. The minimum absolute atomic E-state index is 0.0454. The Morgan fingerprint density at radius 1 is 1.43 bits per heavy atom. The third kappa shape index (κ3) is 3.42. The number of aromatic nitrogens is 2. The second-order valence-corrected chi connectivity index (χ2v) is 4.47. The van der Waals surface area contributed by atoms with Crippen LogP contribution in [0.2, 0.25) is 5.02 Å². The van der Waals surface area contributed by atoms with E-state index in [4.69, 9.17) is 27.5 Å². The van der Waals surface area contributed by atoms with Crippen molar-refractivity contribution in [3.8, 4) is 11.8 Å². The Kier molecular flexibility index (Phi) is 3.99. The van der Waals surface area contributed by atoms with Crippen molar-refractivity contribution in [2.75, 3.05) is 0 Å². The first-order valence-corrected chi connectivity index (χ1v) is 6.06. The molecule has 0 aliphatic heterocycles. The summed E-state index contributed by atoms with van der Waals surface area (Å²) < 4.78 is 5.39. The van der Waals surface area contributed by atoms with Crippen molar-refractivity contribution in [1.82, 2.24) is 9.97 Å². The van der Waals surface area contributed by atoms with Crippen LogP contribution in [0.1, 0.15) is 11.4 Å². The molecule has 9 heteroatoms. The number of hydrogen-bond donors (Lipinski definition) is 2. The summed E-state index contributed by atoms with van der Waals surface area (Å²) in [6.45, 7) is 1.69. The maximum Gasteiger partial charge on any atom is 0.322 e. The summed E-state index contributed by atoms with van der Waals surface area (Å²) in [5.41, 5.74) is 5.99. The van der Waals surface area contributed by atoms with E-state index in [9.17, 15) is 10.1 Å². The Bertz CT molecular complexity index is 735. The Balaban J connectivity index is 2.34. The molecule has 0 aliphatic rings. The zero-order chi connectivity index (χ0) is 15.6. The molecule has 1 aromatic heterocycles.